The molecule has 0 atom stereocenters. The highest BCUT2D eigenvalue weighted by atomic mass is 35.5. The summed E-state index contributed by atoms with van der Waals surface area (Å²) in [6.45, 7) is 4.20. The van der Waals surface area contributed by atoms with Crippen molar-refractivity contribution in [1.82, 2.24) is 15.5 Å². The fraction of sp³-hybridized carbons (Fsp3) is 0.400. The SMILES string of the molecule is CCCNCCNC(=O)c1ccc2c(c1)C(=O)N(C)C2=O.Cl. The van der Waals surface area contributed by atoms with E-state index in [1.165, 1.54) is 19.2 Å². The number of benzene rings is 1. The minimum Gasteiger partial charge on any atom is -0.351 e. The van der Waals surface area contributed by atoms with Gasteiger partial charge in [-0.2, -0.15) is 0 Å². The van der Waals surface area contributed by atoms with Gasteiger partial charge in [-0.1, -0.05) is 6.92 Å². The van der Waals surface area contributed by atoms with Crippen molar-refractivity contribution < 1.29 is 14.4 Å². The molecule has 1 aromatic carbocycles. The molecule has 1 aliphatic heterocycles. The summed E-state index contributed by atoms with van der Waals surface area (Å²) in [6, 6.07) is 4.58. The number of rotatable bonds is 6. The minimum atomic E-state index is -0.366. The summed E-state index contributed by atoms with van der Waals surface area (Å²) in [6.07, 6.45) is 1.04. The van der Waals surface area contributed by atoms with E-state index in [-0.39, 0.29) is 30.1 Å². The Morgan fingerprint density at radius 3 is 2.45 bits per heavy atom. The van der Waals surface area contributed by atoms with E-state index in [1.807, 2.05) is 0 Å². The van der Waals surface area contributed by atoms with E-state index in [0.717, 1.165) is 17.9 Å². The van der Waals surface area contributed by atoms with Crippen LogP contribution in [0.25, 0.3) is 0 Å². The number of imide groups is 1. The van der Waals surface area contributed by atoms with Crippen molar-refractivity contribution in [1.29, 1.82) is 0 Å². The molecule has 0 saturated carbocycles. The lowest BCUT2D eigenvalue weighted by molar-refractivity contribution is 0.0693. The van der Waals surface area contributed by atoms with Gasteiger partial charge in [0.1, 0.15) is 0 Å². The quantitative estimate of drug-likeness (QED) is 0.605. The second kappa shape index (κ2) is 7.91. The predicted molar refractivity (Wildman–Crippen MR) is 85.6 cm³/mol. The van der Waals surface area contributed by atoms with Gasteiger partial charge in [0.05, 0.1) is 11.1 Å². The number of hydrogen-bond acceptors (Lipinski definition) is 4. The van der Waals surface area contributed by atoms with Crippen molar-refractivity contribution in [3.8, 4) is 0 Å². The lowest BCUT2D eigenvalue weighted by Gasteiger charge is -2.06. The van der Waals surface area contributed by atoms with E-state index in [2.05, 4.69) is 17.6 Å². The van der Waals surface area contributed by atoms with Crippen LogP contribution in [0.3, 0.4) is 0 Å². The third-order valence-corrected chi connectivity index (χ3v) is 3.37. The summed E-state index contributed by atoms with van der Waals surface area (Å²) in [5.74, 6) is -0.939. The molecule has 0 unspecified atom stereocenters. The summed E-state index contributed by atoms with van der Waals surface area (Å²) >= 11 is 0. The van der Waals surface area contributed by atoms with Gasteiger partial charge < -0.3 is 10.6 Å². The maximum absolute atomic E-state index is 12.0. The van der Waals surface area contributed by atoms with Crippen LogP contribution in [0.4, 0.5) is 0 Å². The van der Waals surface area contributed by atoms with Gasteiger partial charge in [0, 0.05) is 25.7 Å². The molecule has 6 nitrogen and oxygen atoms in total. The van der Waals surface area contributed by atoms with Gasteiger partial charge in [-0.05, 0) is 31.2 Å². The largest absolute Gasteiger partial charge is 0.351 e. The summed E-state index contributed by atoms with van der Waals surface area (Å²) in [5, 5.41) is 5.96. The van der Waals surface area contributed by atoms with Crippen LogP contribution in [0.1, 0.15) is 44.4 Å². The number of carbonyl (C=O) groups excluding carboxylic acids is 3. The summed E-state index contributed by atoms with van der Waals surface area (Å²) in [4.78, 5) is 36.7. The third-order valence-electron chi connectivity index (χ3n) is 3.37. The van der Waals surface area contributed by atoms with Crippen LogP contribution < -0.4 is 10.6 Å². The molecular weight excluding hydrogens is 306 g/mol. The number of nitrogens with one attached hydrogen (secondary N) is 2. The molecule has 1 aromatic rings. The summed E-state index contributed by atoms with van der Waals surface area (Å²) < 4.78 is 0. The van der Waals surface area contributed by atoms with Crippen LogP contribution in [0.5, 0.6) is 0 Å². The van der Waals surface area contributed by atoms with Crippen LogP contribution in [-0.4, -0.2) is 49.3 Å². The molecule has 0 aliphatic carbocycles. The molecule has 0 radical (unpaired) electrons. The first-order valence-corrected chi connectivity index (χ1v) is 7.01. The summed E-state index contributed by atoms with van der Waals surface area (Å²) in [5.41, 5.74) is 1.03. The molecule has 120 valence electrons. The lowest BCUT2D eigenvalue weighted by Crippen LogP contribution is -2.32. The van der Waals surface area contributed by atoms with Crippen LogP contribution >= 0.6 is 12.4 Å². The molecule has 7 heteroatoms. The second-order valence-corrected chi connectivity index (χ2v) is 4.94. The number of halogens is 1. The van der Waals surface area contributed by atoms with Crippen molar-refractivity contribution in [2.45, 2.75) is 13.3 Å². The lowest BCUT2D eigenvalue weighted by atomic mass is 10.1. The maximum Gasteiger partial charge on any atom is 0.261 e. The second-order valence-electron chi connectivity index (χ2n) is 4.94. The Kier molecular flexibility index (Phi) is 6.52. The van der Waals surface area contributed by atoms with Gasteiger partial charge in [0.15, 0.2) is 0 Å². The van der Waals surface area contributed by atoms with Crippen molar-refractivity contribution in [3.05, 3.63) is 34.9 Å². The summed E-state index contributed by atoms with van der Waals surface area (Å²) in [7, 11) is 1.43. The maximum atomic E-state index is 12.0. The van der Waals surface area contributed by atoms with E-state index >= 15 is 0 Å². The molecule has 0 aromatic heterocycles. The van der Waals surface area contributed by atoms with Crippen molar-refractivity contribution in [3.63, 3.8) is 0 Å². The Balaban J connectivity index is 0.00000242. The molecule has 2 rings (SSSR count). The number of hydrogen-bond donors (Lipinski definition) is 2. The van der Waals surface area contributed by atoms with Gasteiger partial charge >= 0.3 is 0 Å². The molecule has 1 heterocycles. The van der Waals surface area contributed by atoms with Gasteiger partial charge in [-0.25, -0.2) is 0 Å². The molecule has 0 fully saturated rings. The van der Waals surface area contributed by atoms with Crippen LogP contribution in [-0.2, 0) is 0 Å². The van der Waals surface area contributed by atoms with Crippen molar-refractivity contribution in [2.75, 3.05) is 26.7 Å². The first kappa shape index (κ1) is 18.1. The fourth-order valence-electron chi connectivity index (χ4n) is 2.17. The van der Waals surface area contributed by atoms with E-state index in [9.17, 15) is 14.4 Å². The van der Waals surface area contributed by atoms with E-state index < -0.39 is 0 Å². The van der Waals surface area contributed by atoms with Crippen molar-refractivity contribution in [2.24, 2.45) is 0 Å². The molecule has 0 spiro atoms. The van der Waals surface area contributed by atoms with E-state index in [4.69, 9.17) is 0 Å². The fourth-order valence-corrected chi connectivity index (χ4v) is 2.17. The zero-order valence-corrected chi connectivity index (χ0v) is 13.5. The smallest absolute Gasteiger partial charge is 0.261 e. The van der Waals surface area contributed by atoms with Crippen LogP contribution in [0.2, 0.25) is 0 Å². The van der Waals surface area contributed by atoms with Gasteiger partial charge in [0.2, 0.25) is 0 Å². The normalized spacial score (nSPS) is 12.9. The van der Waals surface area contributed by atoms with E-state index in [1.54, 1.807) is 6.07 Å². The topological polar surface area (TPSA) is 78.5 Å². The average molecular weight is 326 g/mol. The standard InChI is InChI=1S/C15H19N3O3.ClH/c1-3-6-16-7-8-17-13(19)10-4-5-11-12(9-10)15(21)18(2)14(11)20;/h4-5,9,16H,3,6-8H2,1-2H3,(H,17,19);1H. The molecule has 22 heavy (non-hydrogen) atoms. The number of amides is 3. The Morgan fingerprint density at radius 1 is 1.09 bits per heavy atom. The molecular formula is C15H20ClN3O3. The Morgan fingerprint density at radius 2 is 1.77 bits per heavy atom. The molecule has 1 aliphatic rings. The Labute approximate surface area is 135 Å². The first-order chi connectivity index (χ1) is 10.1. The third kappa shape index (κ3) is 3.64. The minimum absolute atomic E-state index is 0. The predicted octanol–water partition coefficient (Wildman–Crippen LogP) is 1.06. The highest BCUT2D eigenvalue weighted by molar-refractivity contribution is 6.21. The highest BCUT2D eigenvalue weighted by Gasteiger charge is 2.33. The monoisotopic (exact) mass is 325 g/mol. The van der Waals surface area contributed by atoms with E-state index in [0.29, 0.717) is 29.8 Å². The zero-order chi connectivity index (χ0) is 15.4. The van der Waals surface area contributed by atoms with Crippen LogP contribution in [0, 0.1) is 0 Å². The van der Waals surface area contributed by atoms with Gasteiger partial charge in [-0.3, -0.25) is 19.3 Å². The molecule has 2 N–H and O–H groups in total. The Bertz CT molecular complexity index is 589. The molecule has 3 amide bonds. The van der Waals surface area contributed by atoms with Gasteiger partial charge in [0.25, 0.3) is 17.7 Å². The van der Waals surface area contributed by atoms with Gasteiger partial charge in [-0.15, -0.1) is 12.4 Å². The Hall–Kier alpha value is -1.92. The number of nitrogens with zero attached hydrogens (tertiary/aromatic N) is 1. The van der Waals surface area contributed by atoms with Crippen molar-refractivity contribution >= 4 is 30.1 Å². The van der Waals surface area contributed by atoms with Crippen LogP contribution in [0.15, 0.2) is 18.2 Å². The molecule has 0 saturated heterocycles. The average Bonchev–Trinajstić information content (AvgIpc) is 2.71. The highest BCUT2D eigenvalue weighted by Crippen LogP contribution is 2.22. The number of fused-ring (bicyclic) bond motifs is 1. The molecule has 0 bridgehead atoms. The number of carbonyl (C=O) groups is 3. The zero-order valence-electron chi connectivity index (χ0n) is 12.6. The first-order valence-electron chi connectivity index (χ1n) is 7.01.